The third kappa shape index (κ3) is 3.28. The number of rotatable bonds is 2. The smallest absolute Gasteiger partial charge is 0.292 e. The van der Waals surface area contributed by atoms with Gasteiger partial charge in [0.2, 0.25) is 5.91 Å². The molecule has 2 aliphatic rings. The second kappa shape index (κ2) is 6.70. The Labute approximate surface area is 161 Å². The molecule has 9 heteroatoms. The molecule has 2 aromatic rings. The minimum absolute atomic E-state index is 0.0902. The van der Waals surface area contributed by atoms with Crippen molar-refractivity contribution < 1.29 is 9.59 Å². The lowest BCUT2D eigenvalue weighted by molar-refractivity contribution is -0.118. The number of fused-ring (bicyclic) bond motifs is 1. The molecule has 2 amide bonds. The van der Waals surface area contributed by atoms with Crippen molar-refractivity contribution in [3.63, 3.8) is 0 Å². The zero-order valence-corrected chi connectivity index (χ0v) is 15.8. The van der Waals surface area contributed by atoms with Crippen molar-refractivity contribution in [3.8, 4) is 0 Å². The Balaban J connectivity index is 1.61. The minimum Gasteiger partial charge on any atom is -0.330 e. The summed E-state index contributed by atoms with van der Waals surface area (Å²) in [6, 6.07) is 1.65. The first-order chi connectivity index (χ1) is 12.9. The fourth-order valence-corrected chi connectivity index (χ4v) is 3.64. The van der Waals surface area contributed by atoms with Crippen LogP contribution in [0.4, 0.5) is 0 Å². The highest BCUT2D eigenvalue weighted by Crippen LogP contribution is 2.32. The molecule has 8 nitrogen and oxygen atoms in total. The topological polar surface area (TPSA) is 82.8 Å². The van der Waals surface area contributed by atoms with Crippen LogP contribution in [0.5, 0.6) is 0 Å². The first-order valence-corrected chi connectivity index (χ1v) is 9.07. The van der Waals surface area contributed by atoms with Crippen molar-refractivity contribution in [3.05, 3.63) is 52.2 Å². The lowest BCUT2D eigenvalue weighted by Gasteiger charge is -2.40. The number of hydrazine groups is 1. The third-order valence-electron chi connectivity index (χ3n) is 4.78. The number of nitrogens with zero attached hydrogens (tertiary/aromatic N) is 5. The van der Waals surface area contributed by atoms with Crippen LogP contribution in [-0.2, 0) is 4.79 Å². The van der Waals surface area contributed by atoms with Crippen LogP contribution in [0.25, 0.3) is 5.65 Å². The van der Waals surface area contributed by atoms with Gasteiger partial charge in [-0.05, 0) is 30.9 Å². The molecular weight excluding hydrogens is 368 g/mol. The Kier molecular flexibility index (Phi) is 4.35. The van der Waals surface area contributed by atoms with Crippen LogP contribution in [-0.4, -0.2) is 50.0 Å². The minimum atomic E-state index is -0.203. The molecule has 0 saturated heterocycles. The number of nitrogens with one attached hydrogen (secondary N) is 1. The molecule has 4 rings (SSSR count). The fraction of sp³-hybridized carbons (Fsp3) is 0.333. The molecule has 0 bridgehead atoms. The number of carbonyl (C=O) groups is 2. The van der Waals surface area contributed by atoms with Crippen molar-refractivity contribution in [2.24, 2.45) is 0 Å². The molecule has 1 N–H and O–H groups in total. The zero-order valence-electron chi connectivity index (χ0n) is 15.1. The Morgan fingerprint density at radius 1 is 1.26 bits per heavy atom. The molecule has 140 valence electrons. The van der Waals surface area contributed by atoms with Crippen molar-refractivity contribution in [1.29, 1.82) is 0 Å². The first-order valence-electron chi connectivity index (χ1n) is 8.69. The maximum absolute atomic E-state index is 13.0. The fourth-order valence-electron chi connectivity index (χ4n) is 3.50. The molecule has 0 atom stereocenters. The molecule has 0 radical (unpaired) electrons. The molecule has 1 aliphatic carbocycles. The highest BCUT2D eigenvalue weighted by molar-refractivity contribution is 6.30. The number of aromatic nitrogens is 3. The van der Waals surface area contributed by atoms with E-state index in [-0.39, 0.29) is 11.8 Å². The van der Waals surface area contributed by atoms with Gasteiger partial charge < -0.3 is 5.32 Å². The molecule has 3 heterocycles. The Morgan fingerprint density at radius 3 is 2.85 bits per heavy atom. The summed E-state index contributed by atoms with van der Waals surface area (Å²) in [6.07, 6.45) is 7.57. The second-order valence-electron chi connectivity index (χ2n) is 6.65. The van der Waals surface area contributed by atoms with E-state index < -0.39 is 0 Å². The largest absolute Gasteiger partial charge is 0.330 e. The number of hydrogen-bond acceptors (Lipinski definition) is 5. The van der Waals surface area contributed by atoms with Gasteiger partial charge >= 0.3 is 0 Å². The predicted molar refractivity (Wildman–Crippen MR) is 99.6 cm³/mol. The summed E-state index contributed by atoms with van der Waals surface area (Å²) in [7, 11) is 1.85. The number of likely N-dealkylation sites (N-methyl/N-ethyl adjacent to an activating group) is 1. The van der Waals surface area contributed by atoms with Crippen LogP contribution in [0.2, 0.25) is 5.02 Å². The number of hydrogen-bond donors (Lipinski definition) is 1. The lowest BCUT2D eigenvalue weighted by atomic mass is 9.95. The van der Waals surface area contributed by atoms with Crippen molar-refractivity contribution in [2.75, 3.05) is 13.6 Å². The molecule has 0 aromatic carbocycles. The quantitative estimate of drug-likeness (QED) is 0.855. The summed E-state index contributed by atoms with van der Waals surface area (Å²) in [5, 5.41) is 11.1. The summed E-state index contributed by atoms with van der Waals surface area (Å²) in [6.45, 7) is 2.08. The first kappa shape index (κ1) is 17.5. The highest BCUT2D eigenvalue weighted by Gasteiger charge is 2.30. The van der Waals surface area contributed by atoms with Gasteiger partial charge in [0, 0.05) is 38.5 Å². The number of carbonyl (C=O) groups excluding carboxylic acids is 2. The van der Waals surface area contributed by atoms with Crippen molar-refractivity contribution >= 4 is 29.1 Å². The third-order valence-corrected chi connectivity index (χ3v) is 4.97. The normalized spacial score (nSPS) is 17.1. The van der Waals surface area contributed by atoms with E-state index in [4.69, 9.17) is 11.6 Å². The summed E-state index contributed by atoms with van der Waals surface area (Å²) >= 11 is 5.94. The Morgan fingerprint density at radius 2 is 2.07 bits per heavy atom. The molecule has 2 aromatic heterocycles. The van der Waals surface area contributed by atoms with E-state index in [1.165, 1.54) is 23.2 Å². The number of allylic oxidation sites excluding steroid dienone is 2. The van der Waals surface area contributed by atoms with E-state index in [1.807, 2.05) is 18.1 Å². The van der Waals surface area contributed by atoms with Gasteiger partial charge in [-0.25, -0.2) is 14.5 Å². The molecular formula is C18H19ClN6O2. The van der Waals surface area contributed by atoms with Gasteiger partial charge in [-0.2, -0.15) is 5.10 Å². The van der Waals surface area contributed by atoms with Gasteiger partial charge in [0.25, 0.3) is 5.91 Å². The number of amides is 2. The monoisotopic (exact) mass is 386 g/mol. The SMILES string of the molecule is CC(=O)NC1=CC2=C(CC1)CCN(C(=O)c1cc3ncc(Cl)cn3n1)N2C. The predicted octanol–water partition coefficient (Wildman–Crippen LogP) is 2.14. The van der Waals surface area contributed by atoms with Crippen LogP contribution in [0.15, 0.2) is 41.5 Å². The maximum atomic E-state index is 13.0. The van der Waals surface area contributed by atoms with Crippen molar-refractivity contribution in [2.45, 2.75) is 26.2 Å². The summed E-state index contributed by atoms with van der Waals surface area (Å²) in [4.78, 5) is 28.6. The molecule has 0 saturated carbocycles. The van der Waals surface area contributed by atoms with Gasteiger partial charge in [-0.15, -0.1) is 0 Å². The van der Waals surface area contributed by atoms with Crippen LogP contribution in [0.1, 0.15) is 36.7 Å². The zero-order chi connectivity index (χ0) is 19.1. The second-order valence-corrected chi connectivity index (χ2v) is 7.08. The average Bonchev–Trinajstić information content (AvgIpc) is 3.04. The van der Waals surface area contributed by atoms with Crippen LogP contribution in [0, 0.1) is 0 Å². The average molecular weight is 387 g/mol. The Hall–Kier alpha value is -2.87. The van der Waals surface area contributed by atoms with Crippen LogP contribution < -0.4 is 5.32 Å². The van der Waals surface area contributed by atoms with Gasteiger partial charge in [0.1, 0.15) is 0 Å². The molecule has 1 aliphatic heterocycles. The Bertz CT molecular complexity index is 1010. The maximum Gasteiger partial charge on any atom is 0.292 e. The highest BCUT2D eigenvalue weighted by atomic mass is 35.5. The van der Waals surface area contributed by atoms with Crippen LogP contribution in [0.3, 0.4) is 0 Å². The molecule has 0 unspecified atom stereocenters. The van der Waals surface area contributed by atoms with Gasteiger partial charge in [0.15, 0.2) is 11.3 Å². The van der Waals surface area contributed by atoms with E-state index in [0.29, 0.717) is 22.9 Å². The van der Waals surface area contributed by atoms with Gasteiger partial charge in [-0.3, -0.25) is 14.6 Å². The van der Waals surface area contributed by atoms with E-state index in [2.05, 4.69) is 15.4 Å². The summed E-state index contributed by atoms with van der Waals surface area (Å²) < 4.78 is 1.50. The lowest BCUT2D eigenvalue weighted by Crippen LogP contribution is -2.47. The van der Waals surface area contributed by atoms with Crippen molar-refractivity contribution in [1.82, 2.24) is 29.9 Å². The summed E-state index contributed by atoms with van der Waals surface area (Å²) in [5.41, 5.74) is 3.98. The van der Waals surface area contributed by atoms with Crippen LogP contribution >= 0.6 is 11.6 Å². The standard InChI is InChI=1S/C18H19ClN6O2/c1-11(26)21-14-4-3-12-5-6-25(23(2)16(12)7-14)18(27)15-8-17-20-9-13(19)10-24(17)22-15/h7-10H,3-6H2,1-2H3,(H,21,26). The van der Waals surface area contributed by atoms with E-state index in [9.17, 15) is 9.59 Å². The van der Waals surface area contributed by atoms with E-state index >= 15 is 0 Å². The van der Waals surface area contributed by atoms with Gasteiger partial charge in [0.05, 0.1) is 16.9 Å². The van der Waals surface area contributed by atoms with E-state index in [0.717, 1.165) is 30.7 Å². The number of halogens is 1. The molecule has 27 heavy (non-hydrogen) atoms. The molecule has 0 fully saturated rings. The van der Waals surface area contributed by atoms with E-state index in [1.54, 1.807) is 17.3 Å². The summed E-state index contributed by atoms with van der Waals surface area (Å²) in [5.74, 6) is -0.293. The van der Waals surface area contributed by atoms with Gasteiger partial charge in [-0.1, -0.05) is 11.6 Å². The molecule has 0 spiro atoms.